The summed E-state index contributed by atoms with van der Waals surface area (Å²) in [6.45, 7) is 6.52. The van der Waals surface area contributed by atoms with E-state index in [-0.39, 0.29) is 16.3 Å². The van der Waals surface area contributed by atoms with Crippen LogP contribution in [-0.4, -0.2) is 31.4 Å². The van der Waals surface area contributed by atoms with Crippen LogP contribution in [0.15, 0.2) is 47.5 Å². The Morgan fingerprint density at radius 1 is 1.15 bits per heavy atom. The smallest absolute Gasteiger partial charge is 0.269 e. The van der Waals surface area contributed by atoms with E-state index in [1.54, 1.807) is 24.4 Å². The highest BCUT2D eigenvalue weighted by Gasteiger charge is 2.12. The highest BCUT2D eigenvalue weighted by Crippen LogP contribution is 2.14. The summed E-state index contributed by atoms with van der Waals surface area (Å²) < 4.78 is 22.5. The summed E-state index contributed by atoms with van der Waals surface area (Å²) in [6.07, 6.45) is 2.16. The third kappa shape index (κ3) is 6.12. The van der Waals surface area contributed by atoms with E-state index < -0.39 is 10.0 Å². The molecule has 1 heterocycles. The van der Waals surface area contributed by atoms with Crippen molar-refractivity contribution in [1.82, 2.24) is 10.3 Å². The first-order valence-electron chi connectivity index (χ1n) is 8.19. The quantitative estimate of drug-likeness (QED) is 0.712. The van der Waals surface area contributed by atoms with Gasteiger partial charge in [-0.05, 0) is 57.0 Å². The van der Waals surface area contributed by atoms with Crippen molar-refractivity contribution in [3.8, 4) is 0 Å². The van der Waals surface area contributed by atoms with E-state index in [0.29, 0.717) is 18.7 Å². The maximum Gasteiger partial charge on any atom is 0.269 e. The fourth-order valence-electron chi connectivity index (χ4n) is 2.32. The molecule has 0 aliphatic carbocycles. The standard InChI is InChI=1S/C18H24N4O3S/c1-18(2,3)22-14-9-11-20-16(12-14)17(23)21-10-8-13-4-6-15(7-5-13)26(19,24)25/h4-7,9,11-12H,8,10H2,1-3H3,(H,20,22)(H,21,23)(H2,19,24,25). The summed E-state index contributed by atoms with van der Waals surface area (Å²) in [4.78, 5) is 16.4. The summed E-state index contributed by atoms with van der Waals surface area (Å²) >= 11 is 0. The van der Waals surface area contributed by atoms with E-state index >= 15 is 0 Å². The minimum atomic E-state index is -3.69. The Bertz CT molecular complexity index is 872. The Hall–Kier alpha value is -2.45. The molecule has 140 valence electrons. The average Bonchev–Trinajstić information content (AvgIpc) is 2.53. The Morgan fingerprint density at radius 2 is 1.81 bits per heavy atom. The molecule has 7 nitrogen and oxygen atoms in total. The van der Waals surface area contributed by atoms with Gasteiger partial charge in [0.1, 0.15) is 5.69 Å². The van der Waals surface area contributed by atoms with Gasteiger partial charge in [-0.3, -0.25) is 9.78 Å². The molecule has 4 N–H and O–H groups in total. The molecule has 0 aliphatic rings. The summed E-state index contributed by atoms with van der Waals surface area (Å²) in [7, 11) is -3.69. The number of aromatic nitrogens is 1. The number of benzene rings is 1. The molecule has 0 saturated carbocycles. The van der Waals surface area contributed by atoms with E-state index in [0.717, 1.165) is 11.3 Å². The number of hydrogen-bond acceptors (Lipinski definition) is 5. The molecule has 8 heteroatoms. The molecule has 0 bridgehead atoms. The Labute approximate surface area is 154 Å². The monoisotopic (exact) mass is 376 g/mol. The van der Waals surface area contributed by atoms with Gasteiger partial charge in [0, 0.05) is 24.0 Å². The fourth-order valence-corrected chi connectivity index (χ4v) is 2.84. The second kappa shape index (κ2) is 7.84. The molecule has 26 heavy (non-hydrogen) atoms. The van der Waals surface area contributed by atoms with Gasteiger partial charge in [0.15, 0.2) is 0 Å². The van der Waals surface area contributed by atoms with Gasteiger partial charge >= 0.3 is 0 Å². The van der Waals surface area contributed by atoms with Gasteiger partial charge in [0.2, 0.25) is 10.0 Å². The molecule has 0 aliphatic heterocycles. The zero-order valence-electron chi connectivity index (χ0n) is 15.1. The van der Waals surface area contributed by atoms with Crippen LogP contribution in [0.3, 0.4) is 0 Å². The van der Waals surface area contributed by atoms with E-state index in [2.05, 4.69) is 15.6 Å². The molecule has 1 aromatic carbocycles. The number of rotatable bonds is 6. The van der Waals surface area contributed by atoms with Crippen LogP contribution in [0.5, 0.6) is 0 Å². The average molecular weight is 376 g/mol. The lowest BCUT2D eigenvalue weighted by molar-refractivity contribution is 0.0949. The first-order valence-corrected chi connectivity index (χ1v) is 9.73. The lowest BCUT2D eigenvalue weighted by Gasteiger charge is -2.22. The molecule has 1 amide bonds. The highest BCUT2D eigenvalue weighted by molar-refractivity contribution is 7.89. The molecule has 0 radical (unpaired) electrons. The van der Waals surface area contributed by atoms with Crippen LogP contribution in [0, 0.1) is 0 Å². The number of nitrogens with one attached hydrogen (secondary N) is 2. The van der Waals surface area contributed by atoms with Crippen LogP contribution in [0.2, 0.25) is 0 Å². The number of nitrogens with zero attached hydrogens (tertiary/aromatic N) is 1. The van der Waals surface area contributed by atoms with E-state index in [1.165, 1.54) is 12.1 Å². The van der Waals surface area contributed by atoms with Crippen molar-refractivity contribution >= 4 is 21.6 Å². The molecular formula is C18H24N4O3S. The minimum absolute atomic E-state index is 0.0673. The molecule has 2 aromatic rings. The van der Waals surface area contributed by atoms with Gasteiger partial charge in [0.05, 0.1) is 4.90 Å². The lowest BCUT2D eigenvalue weighted by atomic mass is 10.1. The molecule has 0 saturated heterocycles. The van der Waals surface area contributed by atoms with Crippen LogP contribution >= 0.6 is 0 Å². The van der Waals surface area contributed by atoms with Crippen molar-refractivity contribution in [1.29, 1.82) is 0 Å². The molecular weight excluding hydrogens is 352 g/mol. The topological polar surface area (TPSA) is 114 Å². The molecule has 0 spiro atoms. The molecule has 2 rings (SSSR count). The SMILES string of the molecule is CC(C)(C)Nc1ccnc(C(=O)NCCc2ccc(S(N)(=O)=O)cc2)c1. The van der Waals surface area contributed by atoms with E-state index in [9.17, 15) is 13.2 Å². The summed E-state index contributed by atoms with van der Waals surface area (Å²) in [5.41, 5.74) is 1.95. The van der Waals surface area contributed by atoms with Crippen molar-refractivity contribution in [2.75, 3.05) is 11.9 Å². The number of primary sulfonamides is 1. The highest BCUT2D eigenvalue weighted by atomic mass is 32.2. The normalized spacial score (nSPS) is 11.8. The maximum absolute atomic E-state index is 12.2. The third-order valence-electron chi connectivity index (χ3n) is 3.46. The summed E-state index contributed by atoms with van der Waals surface area (Å²) in [5, 5.41) is 11.2. The van der Waals surface area contributed by atoms with Gasteiger partial charge < -0.3 is 10.6 Å². The van der Waals surface area contributed by atoms with Crippen molar-refractivity contribution < 1.29 is 13.2 Å². The fraction of sp³-hybridized carbons (Fsp3) is 0.333. The Morgan fingerprint density at radius 3 is 2.38 bits per heavy atom. The van der Waals surface area contributed by atoms with Gasteiger partial charge in [-0.2, -0.15) is 0 Å². The minimum Gasteiger partial charge on any atom is -0.380 e. The zero-order valence-corrected chi connectivity index (χ0v) is 15.9. The third-order valence-corrected chi connectivity index (χ3v) is 4.39. The van der Waals surface area contributed by atoms with Crippen molar-refractivity contribution in [3.05, 3.63) is 53.9 Å². The predicted molar refractivity (Wildman–Crippen MR) is 101 cm³/mol. The van der Waals surface area contributed by atoms with Gasteiger partial charge in [-0.15, -0.1) is 0 Å². The number of nitrogens with two attached hydrogens (primary N) is 1. The first-order chi connectivity index (χ1) is 12.0. The van der Waals surface area contributed by atoms with Crippen molar-refractivity contribution in [3.63, 3.8) is 0 Å². The lowest BCUT2D eigenvalue weighted by Crippen LogP contribution is -2.28. The van der Waals surface area contributed by atoms with Crippen LogP contribution < -0.4 is 15.8 Å². The number of carbonyl (C=O) groups is 1. The Balaban J connectivity index is 1.92. The van der Waals surface area contributed by atoms with Crippen molar-refractivity contribution in [2.45, 2.75) is 37.6 Å². The van der Waals surface area contributed by atoms with E-state index in [4.69, 9.17) is 5.14 Å². The van der Waals surface area contributed by atoms with Crippen molar-refractivity contribution in [2.24, 2.45) is 5.14 Å². The molecule has 0 unspecified atom stereocenters. The Kier molecular flexibility index (Phi) is 5.99. The number of carbonyl (C=O) groups excluding carboxylic acids is 1. The van der Waals surface area contributed by atoms with Crippen LogP contribution in [0.25, 0.3) is 0 Å². The molecule has 1 aromatic heterocycles. The van der Waals surface area contributed by atoms with Crippen LogP contribution in [0.4, 0.5) is 5.69 Å². The molecule has 0 fully saturated rings. The van der Waals surface area contributed by atoms with E-state index in [1.807, 2.05) is 26.8 Å². The maximum atomic E-state index is 12.2. The first kappa shape index (κ1) is 19.9. The van der Waals surface area contributed by atoms with Crippen LogP contribution in [0.1, 0.15) is 36.8 Å². The number of sulfonamides is 1. The second-order valence-corrected chi connectivity index (χ2v) is 8.56. The van der Waals surface area contributed by atoms with Gasteiger partial charge in [0.25, 0.3) is 5.91 Å². The number of hydrogen-bond donors (Lipinski definition) is 3. The molecule has 0 atom stereocenters. The number of anilines is 1. The predicted octanol–water partition coefficient (Wildman–Crippen LogP) is 1.91. The van der Waals surface area contributed by atoms with Gasteiger partial charge in [-0.1, -0.05) is 12.1 Å². The summed E-state index contributed by atoms with van der Waals surface area (Å²) in [5.74, 6) is -0.260. The van der Waals surface area contributed by atoms with Gasteiger partial charge in [-0.25, -0.2) is 13.6 Å². The van der Waals surface area contributed by atoms with Crippen LogP contribution in [-0.2, 0) is 16.4 Å². The number of pyridine rings is 1. The summed E-state index contributed by atoms with van der Waals surface area (Å²) in [6, 6.07) is 9.79. The number of amides is 1. The largest absolute Gasteiger partial charge is 0.380 e. The zero-order chi connectivity index (χ0) is 19.4. The second-order valence-electron chi connectivity index (χ2n) is 7.00.